The Balaban J connectivity index is 2.54. The summed E-state index contributed by atoms with van der Waals surface area (Å²) in [5, 5.41) is 3.76. The zero-order valence-electron chi connectivity index (χ0n) is 8.73. The van der Waals surface area contributed by atoms with Gasteiger partial charge in [-0.3, -0.25) is 9.09 Å². The summed E-state index contributed by atoms with van der Waals surface area (Å²) < 4.78 is 6.13. The summed E-state index contributed by atoms with van der Waals surface area (Å²) in [6.07, 6.45) is 0. The number of hydrogen-bond acceptors (Lipinski definition) is 3. The number of aryl methyl sites for hydroxylation is 1. The van der Waals surface area contributed by atoms with Gasteiger partial charge < -0.3 is 0 Å². The second kappa shape index (κ2) is 3.73. The first kappa shape index (κ1) is 9.71. The maximum Gasteiger partial charge on any atom is 0.441 e. The van der Waals surface area contributed by atoms with Crippen LogP contribution >= 0.6 is 0 Å². The van der Waals surface area contributed by atoms with Crippen molar-refractivity contribution in [1.82, 2.24) is 9.72 Å². The summed E-state index contributed by atoms with van der Waals surface area (Å²) in [5.74, 6) is 0.176. The average Bonchev–Trinajstić information content (AvgIpc) is 2.61. The van der Waals surface area contributed by atoms with Crippen LogP contribution in [0.4, 0.5) is 0 Å². The van der Waals surface area contributed by atoms with Crippen LogP contribution in [0.3, 0.4) is 0 Å². The van der Waals surface area contributed by atoms with Crippen molar-refractivity contribution >= 4 is 0 Å². The second-order valence-corrected chi connectivity index (χ2v) is 3.38. The highest BCUT2D eigenvalue weighted by atomic mass is 16.5. The monoisotopic (exact) mass is 204 g/mol. The van der Waals surface area contributed by atoms with Crippen LogP contribution in [0.15, 0.2) is 33.6 Å². The Labute approximate surface area is 87.1 Å². The van der Waals surface area contributed by atoms with Gasteiger partial charge >= 0.3 is 5.76 Å². The highest BCUT2D eigenvalue weighted by Crippen LogP contribution is 2.15. The summed E-state index contributed by atoms with van der Waals surface area (Å²) in [6, 6.07) is 7.82. The molecule has 0 saturated carbocycles. The molecule has 0 radical (unpaired) electrons. The Morgan fingerprint density at radius 3 is 2.60 bits per heavy atom. The van der Waals surface area contributed by atoms with Crippen LogP contribution in [0, 0.1) is 6.92 Å². The van der Waals surface area contributed by atoms with Crippen molar-refractivity contribution in [3.8, 4) is 11.4 Å². The molecule has 1 aromatic heterocycles. The smallest absolute Gasteiger partial charge is 0.295 e. The molecule has 78 valence electrons. The number of aromatic nitrogens is 2. The lowest BCUT2D eigenvalue weighted by Crippen LogP contribution is -2.13. The van der Waals surface area contributed by atoms with E-state index in [1.807, 2.05) is 38.1 Å². The largest absolute Gasteiger partial charge is 0.441 e. The van der Waals surface area contributed by atoms with Crippen LogP contribution in [0.5, 0.6) is 0 Å². The highest BCUT2D eigenvalue weighted by molar-refractivity contribution is 5.54. The Hall–Kier alpha value is -1.84. The van der Waals surface area contributed by atoms with E-state index in [1.165, 1.54) is 10.1 Å². The van der Waals surface area contributed by atoms with Crippen LogP contribution in [0.1, 0.15) is 12.5 Å². The lowest BCUT2D eigenvalue weighted by atomic mass is 10.1. The van der Waals surface area contributed by atoms with Crippen molar-refractivity contribution in [3.05, 3.63) is 40.4 Å². The van der Waals surface area contributed by atoms with Gasteiger partial charge in [-0.1, -0.05) is 35.0 Å². The van der Waals surface area contributed by atoms with E-state index in [0.717, 1.165) is 5.56 Å². The molecule has 0 aliphatic heterocycles. The lowest BCUT2D eigenvalue weighted by molar-refractivity contribution is 0.377. The molecule has 0 unspecified atom stereocenters. The zero-order chi connectivity index (χ0) is 10.8. The first-order chi connectivity index (χ1) is 7.22. The van der Waals surface area contributed by atoms with Crippen molar-refractivity contribution in [2.75, 3.05) is 0 Å². The van der Waals surface area contributed by atoms with Crippen LogP contribution in [0.2, 0.25) is 0 Å². The number of hydrogen-bond donors (Lipinski definition) is 0. The SMILES string of the molecule is CCn1c(-c2ccc(C)cc2)noc1=O. The summed E-state index contributed by atoms with van der Waals surface area (Å²) in [5.41, 5.74) is 2.07. The molecule has 0 bridgehead atoms. The Bertz CT molecular complexity index is 508. The van der Waals surface area contributed by atoms with Gasteiger partial charge in [-0.25, -0.2) is 4.79 Å². The van der Waals surface area contributed by atoms with E-state index in [2.05, 4.69) is 9.68 Å². The molecular weight excluding hydrogens is 192 g/mol. The van der Waals surface area contributed by atoms with E-state index in [-0.39, 0.29) is 0 Å². The van der Waals surface area contributed by atoms with Crippen molar-refractivity contribution in [3.63, 3.8) is 0 Å². The zero-order valence-corrected chi connectivity index (χ0v) is 8.73. The Kier molecular flexibility index (Phi) is 2.41. The Morgan fingerprint density at radius 2 is 2.00 bits per heavy atom. The minimum atomic E-state index is -0.409. The minimum absolute atomic E-state index is 0.409. The quantitative estimate of drug-likeness (QED) is 0.749. The van der Waals surface area contributed by atoms with Crippen molar-refractivity contribution in [2.24, 2.45) is 0 Å². The van der Waals surface area contributed by atoms with Crippen LogP contribution < -0.4 is 5.76 Å². The molecule has 2 rings (SSSR count). The first-order valence-electron chi connectivity index (χ1n) is 4.86. The molecule has 15 heavy (non-hydrogen) atoms. The molecule has 0 fully saturated rings. The lowest BCUT2D eigenvalue weighted by Gasteiger charge is -2.00. The highest BCUT2D eigenvalue weighted by Gasteiger charge is 2.10. The van der Waals surface area contributed by atoms with E-state index in [4.69, 9.17) is 0 Å². The molecule has 0 amide bonds. The van der Waals surface area contributed by atoms with Crippen LogP contribution in [0.25, 0.3) is 11.4 Å². The number of benzene rings is 1. The van der Waals surface area contributed by atoms with Crippen molar-refractivity contribution < 1.29 is 4.52 Å². The maximum absolute atomic E-state index is 11.2. The topological polar surface area (TPSA) is 48.0 Å². The van der Waals surface area contributed by atoms with Gasteiger partial charge in [0.05, 0.1) is 0 Å². The van der Waals surface area contributed by atoms with Crippen molar-refractivity contribution in [2.45, 2.75) is 20.4 Å². The molecule has 0 spiro atoms. The van der Waals surface area contributed by atoms with E-state index < -0.39 is 5.76 Å². The van der Waals surface area contributed by atoms with Gasteiger partial charge in [-0.2, -0.15) is 0 Å². The van der Waals surface area contributed by atoms with Crippen LogP contribution in [-0.2, 0) is 6.54 Å². The standard InChI is InChI=1S/C11H12N2O2/c1-3-13-10(12-15-11(13)14)9-6-4-8(2)5-7-9/h4-7H,3H2,1-2H3. The normalized spacial score (nSPS) is 10.5. The van der Waals surface area contributed by atoms with E-state index in [9.17, 15) is 4.79 Å². The maximum atomic E-state index is 11.2. The Morgan fingerprint density at radius 1 is 1.33 bits per heavy atom. The molecule has 0 atom stereocenters. The molecular formula is C11H12N2O2. The van der Waals surface area contributed by atoms with Gasteiger partial charge in [0.25, 0.3) is 0 Å². The van der Waals surface area contributed by atoms with Gasteiger partial charge in [0.1, 0.15) is 0 Å². The second-order valence-electron chi connectivity index (χ2n) is 3.38. The van der Waals surface area contributed by atoms with Gasteiger partial charge in [0.2, 0.25) is 0 Å². The molecule has 4 nitrogen and oxygen atoms in total. The number of rotatable bonds is 2. The fourth-order valence-corrected chi connectivity index (χ4v) is 1.46. The third-order valence-electron chi connectivity index (χ3n) is 2.31. The molecule has 1 heterocycles. The minimum Gasteiger partial charge on any atom is -0.295 e. The molecule has 4 heteroatoms. The first-order valence-corrected chi connectivity index (χ1v) is 4.86. The fraction of sp³-hybridized carbons (Fsp3) is 0.273. The molecule has 1 aromatic carbocycles. The predicted molar refractivity (Wildman–Crippen MR) is 56.6 cm³/mol. The molecule has 0 N–H and O–H groups in total. The number of nitrogens with zero attached hydrogens (tertiary/aromatic N) is 2. The summed E-state index contributed by atoms with van der Waals surface area (Å²) >= 11 is 0. The fourth-order valence-electron chi connectivity index (χ4n) is 1.46. The summed E-state index contributed by atoms with van der Waals surface area (Å²) in [4.78, 5) is 11.2. The van der Waals surface area contributed by atoms with Gasteiger partial charge in [0, 0.05) is 12.1 Å². The van der Waals surface area contributed by atoms with E-state index >= 15 is 0 Å². The van der Waals surface area contributed by atoms with E-state index in [0.29, 0.717) is 12.4 Å². The summed E-state index contributed by atoms with van der Waals surface area (Å²) in [6.45, 7) is 4.46. The molecule has 0 aliphatic carbocycles. The molecule has 2 aromatic rings. The van der Waals surface area contributed by atoms with Gasteiger partial charge in [-0.05, 0) is 13.8 Å². The third kappa shape index (κ3) is 1.70. The van der Waals surface area contributed by atoms with Gasteiger partial charge in [-0.15, -0.1) is 0 Å². The predicted octanol–water partition coefficient (Wildman–Crippen LogP) is 1.83. The summed E-state index contributed by atoms with van der Waals surface area (Å²) in [7, 11) is 0. The van der Waals surface area contributed by atoms with Crippen molar-refractivity contribution in [1.29, 1.82) is 0 Å². The van der Waals surface area contributed by atoms with Crippen LogP contribution in [-0.4, -0.2) is 9.72 Å². The molecule has 0 aliphatic rings. The molecule has 0 saturated heterocycles. The van der Waals surface area contributed by atoms with Gasteiger partial charge in [0.15, 0.2) is 5.82 Å². The van der Waals surface area contributed by atoms with E-state index in [1.54, 1.807) is 0 Å². The average molecular weight is 204 g/mol. The third-order valence-corrected chi connectivity index (χ3v) is 2.31.